The Labute approximate surface area is 295 Å². The Morgan fingerprint density at radius 1 is 0.640 bits per heavy atom. The highest BCUT2D eigenvalue weighted by Gasteiger charge is 2.45. The maximum atomic E-state index is 11.5. The highest BCUT2D eigenvalue weighted by atomic mass is 16.8. The van der Waals surface area contributed by atoms with E-state index < -0.39 is 4.76 Å². The lowest BCUT2D eigenvalue weighted by Crippen LogP contribution is -2.47. The van der Waals surface area contributed by atoms with Gasteiger partial charge in [-0.1, -0.05) is 42.2 Å². The number of quaternary nitrogens is 1. The number of nitrogens with zero attached hydrogens (tertiary/aromatic N) is 7. The molecule has 0 radical (unpaired) electrons. The molecule has 260 valence electrons. The first-order chi connectivity index (χ1) is 24.7. The molecule has 0 aromatic heterocycles. The first-order valence-electron chi connectivity index (χ1n) is 18.0. The number of carbonyl (C=O) groups excluding carboxylic acids is 1. The summed E-state index contributed by atoms with van der Waals surface area (Å²) in [6.45, 7) is 11.0. The van der Waals surface area contributed by atoms with Crippen molar-refractivity contribution in [2.45, 2.75) is 25.7 Å². The van der Waals surface area contributed by atoms with Crippen molar-refractivity contribution in [1.82, 2.24) is 9.66 Å². The van der Waals surface area contributed by atoms with Crippen LogP contribution in [0.4, 0.5) is 34.1 Å². The van der Waals surface area contributed by atoms with Gasteiger partial charge in [-0.3, -0.25) is 4.90 Å². The van der Waals surface area contributed by atoms with Gasteiger partial charge >= 0.3 is 6.47 Å². The number of hydrogen-bond acceptors (Lipinski definition) is 9. The second kappa shape index (κ2) is 15.8. The molecule has 10 heteroatoms. The van der Waals surface area contributed by atoms with Crippen molar-refractivity contribution in [3.8, 4) is 11.1 Å². The molecule has 4 aromatic rings. The van der Waals surface area contributed by atoms with Crippen molar-refractivity contribution in [3.63, 3.8) is 0 Å². The number of benzene rings is 4. The van der Waals surface area contributed by atoms with E-state index >= 15 is 0 Å². The molecule has 0 N–H and O–H groups in total. The molecule has 7 rings (SSSR count). The number of rotatable bonds is 14. The van der Waals surface area contributed by atoms with Crippen molar-refractivity contribution in [3.05, 3.63) is 97.1 Å². The van der Waals surface area contributed by atoms with Crippen molar-refractivity contribution >= 4 is 40.6 Å². The zero-order valence-electron chi connectivity index (χ0n) is 29.1. The van der Waals surface area contributed by atoms with Gasteiger partial charge in [0.15, 0.2) is 5.69 Å². The summed E-state index contributed by atoms with van der Waals surface area (Å²) < 4.78 is 4.73. The van der Waals surface area contributed by atoms with Gasteiger partial charge in [0.1, 0.15) is 0 Å². The van der Waals surface area contributed by atoms with Crippen molar-refractivity contribution in [2.24, 2.45) is 10.3 Å². The first-order valence-corrected chi connectivity index (χ1v) is 18.0. The van der Waals surface area contributed by atoms with Crippen LogP contribution in [-0.4, -0.2) is 84.0 Å². The fraction of sp³-hybridized carbons (Fsp3) is 0.375. The molecule has 3 heterocycles. The summed E-state index contributed by atoms with van der Waals surface area (Å²) in [7, 11) is 1.79. The number of para-hydroxylation sites is 1. The van der Waals surface area contributed by atoms with E-state index in [-0.39, 0.29) is 0 Å². The molecule has 0 amide bonds. The van der Waals surface area contributed by atoms with Gasteiger partial charge in [0.05, 0.1) is 9.98 Å². The third kappa shape index (κ3) is 7.38. The monoisotopic (exact) mass is 674 g/mol. The lowest BCUT2D eigenvalue weighted by molar-refractivity contribution is -0.156. The number of fused-ring (bicyclic) bond motifs is 1. The second-order valence-electron chi connectivity index (χ2n) is 13.3. The Hall–Kier alpha value is -4.77. The number of unbranched alkanes of at least 4 members (excludes halogenated alkanes) is 3. The topological polar surface area (TPSA) is 73.2 Å². The molecule has 0 spiro atoms. The Balaban J connectivity index is 0.889. The molecular weight excluding hydrogens is 626 g/mol. The number of ether oxygens (including phenoxy) is 1. The molecule has 10 nitrogen and oxygen atoms in total. The molecule has 0 aliphatic carbocycles. The Morgan fingerprint density at radius 2 is 1.16 bits per heavy atom. The van der Waals surface area contributed by atoms with Crippen molar-refractivity contribution in [2.75, 3.05) is 87.3 Å². The van der Waals surface area contributed by atoms with E-state index in [4.69, 9.17) is 9.57 Å². The van der Waals surface area contributed by atoms with Gasteiger partial charge in [-0.25, -0.2) is 9.63 Å². The van der Waals surface area contributed by atoms with Gasteiger partial charge in [-0.2, -0.15) is 0 Å². The predicted molar refractivity (Wildman–Crippen MR) is 201 cm³/mol. The molecule has 50 heavy (non-hydrogen) atoms. The number of hydrogen-bond donors (Lipinski definition) is 0. The largest absolute Gasteiger partial charge is 0.385 e. The minimum Gasteiger partial charge on any atom is -0.385 e. The Kier molecular flexibility index (Phi) is 10.7. The van der Waals surface area contributed by atoms with Crippen molar-refractivity contribution < 1.29 is 14.4 Å². The molecule has 1 atom stereocenters. The third-order valence-corrected chi connectivity index (χ3v) is 10.3. The predicted octanol–water partition coefficient (Wildman–Crippen LogP) is 7.75. The maximum absolute atomic E-state index is 11.5. The van der Waals surface area contributed by atoms with E-state index in [0.717, 1.165) is 70.1 Å². The van der Waals surface area contributed by atoms with Crippen LogP contribution < -0.4 is 19.5 Å². The fourth-order valence-corrected chi connectivity index (χ4v) is 7.34. The minimum atomic E-state index is -0.427. The quantitative estimate of drug-likeness (QED) is 0.0770. The normalized spacial score (nSPS) is 19.1. The standard InChI is InChI=1S/C40H48N7O3/c1-49-31-7-3-2-6-22-43-23-25-44(26-24-43)36-16-18-37(19-17-36)46-29-27-45(28-30-46)35-14-10-33(11-15-35)34-12-20-38(21-13-34)47(50-32-48)40-9-5-4-8-39(40)41-42-47/h4-5,8-21,32H,2-3,6-7,22-31H2,1H3/q+1. The van der Waals surface area contributed by atoms with Gasteiger partial charge < -0.3 is 19.4 Å². The van der Waals surface area contributed by atoms with Gasteiger partial charge in [-0.15, -0.1) is 0 Å². The molecule has 4 aromatic carbocycles. The molecule has 3 aliphatic rings. The summed E-state index contributed by atoms with van der Waals surface area (Å²) in [5.74, 6) is 0. The highest BCUT2D eigenvalue weighted by molar-refractivity contribution is 5.74. The van der Waals surface area contributed by atoms with Gasteiger partial charge in [0.25, 0.3) is 0 Å². The summed E-state index contributed by atoms with van der Waals surface area (Å²) >= 11 is 0. The first kappa shape index (κ1) is 33.7. The summed E-state index contributed by atoms with van der Waals surface area (Å²) in [5, 5.41) is 8.56. The lowest BCUT2D eigenvalue weighted by Gasteiger charge is -2.38. The summed E-state index contributed by atoms with van der Waals surface area (Å²) in [6.07, 6.45) is 5.04. The van der Waals surface area contributed by atoms with Crippen LogP contribution in [0.1, 0.15) is 25.7 Å². The van der Waals surface area contributed by atoms with Crippen LogP contribution >= 0.6 is 0 Å². The van der Waals surface area contributed by atoms with E-state index in [9.17, 15) is 4.79 Å². The minimum absolute atomic E-state index is 0.418. The molecule has 2 saturated heterocycles. The number of piperazine rings is 2. The zero-order chi connectivity index (χ0) is 34.2. The molecule has 0 saturated carbocycles. The van der Waals surface area contributed by atoms with E-state index in [1.54, 1.807) is 7.11 Å². The van der Waals surface area contributed by atoms with Crippen LogP contribution in [0.3, 0.4) is 0 Å². The molecule has 3 aliphatic heterocycles. The average Bonchev–Trinajstić information content (AvgIpc) is 3.56. The smallest absolute Gasteiger partial charge is 0.360 e. The lowest BCUT2D eigenvalue weighted by atomic mass is 10.0. The van der Waals surface area contributed by atoms with Crippen LogP contribution in [0, 0.1) is 0 Å². The Bertz CT molecular complexity index is 1720. The SMILES string of the molecule is COCCCCCCN1CCN(c2ccc(N3CCN(c4ccc(-c5ccc([N+]6(OC=O)N=Nc7ccccc76)cc5)cc4)CC3)cc2)CC1. The van der Waals surface area contributed by atoms with Gasteiger partial charge in [-0.05, 0) is 85.1 Å². The average molecular weight is 675 g/mol. The van der Waals surface area contributed by atoms with Gasteiger partial charge in [0, 0.05) is 101 Å². The van der Waals surface area contributed by atoms with Crippen LogP contribution in [-0.2, 0) is 14.4 Å². The van der Waals surface area contributed by atoms with E-state index in [1.807, 2.05) is 48.5 Å². The summed E-state index contributed by atoms with van der Waals surface area (Å²) in [4.78, 5) is 27.1. The second-order valence-corrected chi connectivity index (χ2v) is 13.3. The number of anilines is 3. The van der Waals surface area contributed by atoms with Crippen LogP contribution in [0.15, 0.2) is 107 Å². The van der Waals surface area contributed by atoms with Crippen LogP contribution in [0.25, 0.3) is 11.1 Å². The van der Waals surface area contributed by atoms with E-state index in [2.05, 4.69) is 78.5 Å². The molecule has 1 unspecified atom stereocenters. The van der Waals surface area contributed by atoms with E-state index in [0.29, 0.717) is 23.5 Å². The van der Waals surface area contributed by atoms with Crippen molar-refractivity contribution in [1.29, 1.82) is 0 Å². The summed E-state index contributed by atoms with van der Waals surface area (Å²) in [5.41, 5.74) is 8.17. The number of methoxy groups -OCH3 is 1. The Morgan fingerprint density at radius 3 is 1.74 bits per heavy atom. The summed E-state index contributed by atoms with van der Waals surface area (Å²) in [6, 6.07) is 33.5. The van der Waals surface area contributed by atoms with Crippen LogP contribution in [0.5, 0.6) is 0 Å². The fourth-order valence-electron chi connectivity index (χ4n) is 7.34. The zero-order valence-corrected chi connectivity index (χ0v) is 29.1. The van der Waals surface area contributed by atoms with Crippen LogP contribution in [0.2, 0.25) is 0 Å². The molecule has 2 fully saturated rings. The molecule has 0 bridgehead atoms. The molecular formula is C40H48N7O3+. The highest BCUT2D eigenvalue weighted by Crippen LogP contribution is 2.47. The maximum Gasteiger partial charge on any atom is 0.360 e. The van der Waals surface area contributed by atoms with Gasteiger partial charge in [0.2, 0.25) is 11.4 Å². The van der Waals surface area contributed by atoms with E-state index in [1.165, 1.54) is 49.3 Å². The number of carbonyl (C=O) groups is 1. The third-order valence-electron chi connectivity index (χ3n) is 10.3.